The summed E-state index contributed by atoms with van der Waals surface area (Å²) in [5.74, 6) is -0.397. The van der Waals surface area contributed by atoms with Crippen LogP contribution in [0.15, 0.2) is 78.4 Å². The topological polar surface area (TPSA) is 76.1 Å². The van der Waals surface area contributed by atoms with E-state index in [0.29, 0.717) is 29.4 Å². The first-order valence-electron chi connectivity index (χ1n) is 12.7. The van der Waals surface area contributed by atoms with E-state index < -0.39 is 17.7 Å². The van der Waals surface area contributed by atoms with Crippen LogP contribution in [-0.2, 0) is 16.0 Å². The predicted molar refractivity (Wildman–Crippen MR) is 145 cm³/mol. The maximum Gasteiger partial charge on any atom is 0.300 e. The monoisotopic (exact) mass is 499 g/mol. The maximum atomic E-state index is 13.4. The molecule has 3 aromatic carbocycles. The minimum atomic E-state index is -0.789. The lowest BCUT2D eigenvalue weighted by molar-refractivity contribution is -0.132. The number of Topliss-reactive ketones (excluding diaryl/α,β-unsaturated/α-hetero) is 1. The van der Waals surface area contributed by atoms with Crippen LogP contribution in [0.2, 0.25) is 0 Å². The summed E-state index contributed by atoms with van der Waals surface area (Å²) in [5.41, 5.74) is 2.88. The molecule has 0 saturated carbocycles. The van der Waals surface area contributed by atoms with Crippen molar-refractivity contribution in [2.45, 2.75) is 52.7 Å². The largest absolute Gasteiger partial charge is 0.507 e. The van der Waals surface area contributed by atoms with Crippen molar-refractivity contribution < 1.29 is 24.2 Å². The second-order valence-corrected chi connectivity index (χ2v) is 9.30. The Kier molecular flexibility index (Phi) is 7.97. The van der Waals surface area contributed by atoms with Crippen molar-refractivity contribution in [3.05, 3.63) is 95.1 Å². The summed E-state index contributed by atoms with van der Waals surface area (Å²) in [4.78, 5) is 28.3. The third-order valence-electron chi connectivity index (χ3n) is 6.22. The molecule has 0 aliphatic carbocycles. The first-order valence-corrected chi connectivity index (χ1v) is 12.7. The number of benzene rings is 3. The Labute approximate surface area is 218 Å². The van der Waals surface area contributed by atoms with Crippen LogP contribution in [0, 0.1) is 0 Å². The Hall–Kier alpha value is -4.06. The van der Waals surface area contributed by atoms with Gasteiger partial charge in [0.2, 0.25) is 0 Å². The Bertz CT molecular complexity index is 1290. The second-order valence-electron chi connectivity index (χ2n) is 9.30. The van der Waals surface area contributed by atoms with E-state index >= 15 is 0 Å². The van der Waals surface area contributed by atoms with E-state index in [2.05, 4.69) is 6.92 Å². The van der Waals surface area contributed by atoms with Crippen LogP contribution in [0.5, 0.6) is 11.5 Å². The van der Waals surface area contributed by atoms with Crippen LogP contribution in [0.1, 0.15) is 56.8 Å². The fourth-order valence-corrected chi connectivity index (χ4v) is 4.42. The Morgan fingerprint density at radius 3 is 2.27 bits per heavy atom. The molecule has 1 heterocycles. The van der Waals surface area contributed by atoms with Crippen molar-refractivity contribution in [2.75, 3.05) is 11.5 Å². The highest BCUT2D eigenvalue weighted by molar-refractivity contribution is 6.51. The van der Waals surface area contributed by atoms with Gasteiger partial charge in [-0.15, -0.1) is 0 Å². The van der Waals surface area contributed by atoms with Gasteiger partial charge in [0.15, 0.2) is 0 Å². The molecular formula is C31H33NO5. The van der Waals surface area contributed by atoms with Crippen molar-refractivity contribution in [3.63, 3.8) is 0 Å². The number of nitrogens with zero attached hydrogens (tertiary/aromatic N) is 1. The number of hydrogen-bond donors (Lipinski definition) is 1. The second kappa shape index (κ2) is 11.3. The number of amides is 1. The fourth-order valence-electron chi connectivity index (χ4n) is 4.42. The maximum absolute atomic E-state index is 13.4. The van der Waals surface area contributed by atoms with E-state index in [1.54, 1.807) is 48.5 Å². The van der Waals surface area contributed by atoms with Gasteiger partial charge < -0.3 is 14.6 Å². The molecule has 1 aliphatic rings. The first kappa shape index (κ1) is 26.0. The number of aliphatic hydroxyl groups excluding tert-OH is 1. The summed E-state index contributed by atoms with van der Waals surface area (Å²) in [6.45, 7) is 8.49. The van der Waals surface area contributed by atoms with E-state index in [0.717, 1.165) is 24.0 Å². The van der Waals surface area contributed by atoms with Crippen LogP contribution >= 0.6 is 0 Å². The average Bonchev–Trinajstić information content (AvgIpc) is 3.17. The summed E-state index contributed by atoms with van der Waals surface area (Å²) >= 11 is 0. The lowest BCUT2D eigenvalue weighted by atomic mass is 9.94. The van der Waals surface area contributed by atoms with E-state index in [4.69, 9.17) is 9.47 Å². The average molecular weight is 500 g/mol. The number of rotatable bonds is 9. The van der Waals surface area contributed by atoms with E-state index in [-0.39, 0.29) is 17.4 Å². The van der Waals surface area contributed by atoms with Gasteiger partial charge in [0.1, 0.15) is 17.3 Å². The third kappa shape index (κ3) is 5.53. The molecule has 1 amide bonds. The number of anilines is 1. The molecule has 1 atom stereocenters. The predicted octanol–water partition coefficient (Wildman–Crippen LogP) is 6.45. The molecule has 1 fully saturated rings. The first-order chi connectivity index (χ1) is 17.8. The summed E-state index contributed by atoms with van der Waals surface area (Å²) < 4.78 is 11.5. The van der Waals surface area contributed by atoms with Crippen LogP contribution in [0.3, 0.4) is 0 Å². The standard InChI is InChI=1S/C31H33NO5/c1-5-18-36-26-9-7-8-23(19-26)29(33)27-28(22-12-10-21(6-2)11-13-22)32(31(35)30(27)34)24-14-16-25(17-15-24)37-20(3)4/h7-17,19-20,28,33H,5-6,18H2,1-4H3/b29-27-. The lowest BCUT2D eigenvalue weighted by Crippen LogP contribution is -2.29. The van der Waals surface area contributed by atoms with Crippen molar-refractivity contribution in [1.82, 2.24) is 0 Å². The molecule has 192 valence electrons. The third-order valence-corrected chi connectivity index (χ3v) is 6.22. The zero-order chi connectivity index (χ0) is 26.5. The number of ketones is 1. The van der Waals surface area contributed by atoms with Gasteiger partial charge >= 0.3 is 0 Å². The Morgan fingerprint density at radius 2 is 1.65 bits per heavy atom. The van der Waals surface area contributed by atoms with Gasteiger partial charge in [-0.2, -0.15) is 0 Å². The summed E-state index contributed by atoms with van der Waals surface area (Å²) in [5, 5.41) is 11.4. The van der Waals surface area contributed by atoms with Gasteiger partial charge in [-0.25, -0.2) is 0 Å². The highest BCUT2D eigenvalue weighted by atomic mass is 16.5. The number of aryl methyl sites for hydroxylation is 1. The van der Waals surface area contributed by atoms with Gasteiger partial charge in [0, 0.05) is 11.3 Å². The molecule has 1 unspecified atom stereocenters. The molecule has 0 radical (unpaired) electrons. The molecule has 0 aromatic heterocycles. The zero-order valence-electron chi connectivity index (χ0n) is 21.7. The summed E-state index contributed by atoms with van der Waals surface area (Å²) in [6.07, 6.45) is 1.72. The molecule has 4 rings (SSSR count). The summed E-state index contributed by atoms with van der Waals surface area (Å²) in [6, 6.07) is 21.0. The van der Waals surface area contributed by atoms with Crippen LogP contribution in [0.25, 0.3) is 5.76 Å². The van der Waals surface area contributed by atoms with E-state index in [9.17, 15) is 14.7 Å². The molecular weight excluding hydrogens is 466 g/mol. The van der Waals surface area contributed by atoms with E-state index in [1.165, 1.54) is 4.90 Å². The molecule has 0 spiro atoms. The van der Waals surface area contributed by atoms with E-state index in [1.807, 2.05) is 45.0 Å². The number of hydrogen-bond acceptors (Lipinski definition) is 5. The Balaban J connectivity index is 1.83. The molecule has 1 aliphatic heterocycles. The van der Waals surface area contributed by atoms with Crippen LogP contribution in [-0.4, -0.2) is 29.5 Å². The van der Waals surface area contributed by atoms with Crippen molar-refractivity contribution >= 4 is 23.1 Å². The fraction of sp³-hybridized carbons (Fsp3) is 0.290. The quantitative estimate of drug-likeness (QED) is 0.208. The van der Waals surface area contributed by atoms with Crippen molar-refractivity contribution in [1.29, 1.82) is 0 Å². The molecule has 1 saturated heterocycles. The number of carbonyl (C=O) groups excluding carboxylic acids is 2. The molecule has 0 bridgehead atoms. The van der Waals surface area contributed by atoms with Crippen molar-refractivity contribution in [3.8, 4) is 11.5 Å². The minimum Gasteiger partial charge on any atom is -0.507 e. The Morgan fingerprint density at radius 1 is 0.946 bits per heavy atom. The highest BCUT2D eigenvalue weighted by Gasteiger charge is 2.47. The lowest BCUT2D eigenvalue weighted by Gasteiger charge is -2.26. The highest BCUT2D eigenvalue weighted by Crippen LogP contribution is 2.42. The number of carbonyl (C=O) groups is 2. The normalized spacial score (nSPS) is 16.9. The van der Waals surface area contributed by atoms with Gasteiger partial charge in [0.25, 0.3) is 11.7 Å². The number of aliphatic hydroxyl groups is 1. The van der Waals surface area contributed by atoms with Gasteiger partial charge in [-0.05, 0) is 74.2 Å². The van der Waals surface area contributed by atoms with Gasteiger partial charge in [-0.1, -0.05) is 50.2 Å². The van der Waals surface area contributed by atoms with Gasteiger partial charge in [0.05, 0.1) is 24.3 Å². The number of ether oxygens (including phenoxy) is 2. The molecule has 1 N–H and O–H groups in total. The van der Waals surface area contributed by atoms with Crippen LogP contribution in [0.4, 0.5) is 5.69 Å². The zero-order valence-corrected chi connectivity index (χ0v) is 21.7. The smallest absolute Gasteiger partial charge is 0.300 e. The summed E-state index contributed by atoms with van der Waals surface area (Å²) in [7, 11) is 0. The van der Waals surface area contributed by atoms with Crippen molar-refractivity contribution in [2.24, 2.45) is 0 Å². The molecule has 6 heteroatoms. The SMILES string of the molecule is CCCOc1cccc(/C(O)=C2/C(=O)C(=O)N(c3ccc(OC(C)C)cc3)C2c2ccc(CC)cc2)c1. The molecule has 3 aromatic rings. The molecule has 6 nitrogen and oxygen atoms in total. The van der Waals surface area contributed by atoms with Crippen LogP contribution < -0.4 is 14.4 Å². The van der Waals surface area contributed by atoms with Gasteiger partial charge in [-0.3, -0.25) is 14.5 Å². The minimum absolute atomic E-state index is 0.00854. The molecule has 37 heavy (non-hydrogen) atoms.